The molecule has 0 radical (unpaired) electrons. The molecular formula is C13H12N2O2S2. The maximum atomic E-state index is 11.4. The van der Waals surface area contributed by atoms with Gasteiger partial charge >= 0.3 is 0 Å². The highest BCUT2D eigenvalue weighted by molar-refractivity contribution is 8.03. The number of nitrogens with zero attached hydrogens (tertiary/aromatic N) is 2. The molecule has 2 rings (SSSR count). The van der Waals surface area contributed by atoms with Crippen LogP contribution < -0.4 is 0 Å². The van der Waals surface area contributed by atoms with Crippen LogP contribution in [0.25, 0.3) is 10.6 Å². The Balaban J connectivity index is 2.30. The first-order chi connectivity index (χ1) is 9.08. The molecule has 4 nitrogen and oxygen atoms in total. The number of Topliss-reactive ketones (excluding diaryl/α,β-unsaturated/α-hetero) is 1. The van der Waals surface area contributed by atoms with Gasteiger partial charge in [-0.1, -0.05) is 6.07 Å². The summed E-state index contributed by atoms with van der Waals surface area (Å²) in [6.45, 7) is 2.89. The molecular weight excluding hydrogens is 280 g/mol. The molecule has 0 bridgehead atoms. The van der Waals surface area contributed by atoms with E-state index in [1.54, 1.807) is 17.5 Å². The molecule has 0 unspecified atom stereocenters. The quantitative estimate of drug-likeness (QED) is 0.403. The molecule has 1 N–H and O–H groups in total. The molecule has 0 saturated carbocycles. The molecule has 0 aromatic carbocycles. The summed E-state index contributed by atoms with van der Waals surface area (Å²) in [6.07, 6.45) is 1.65. The number of aliphatic hydroxyl groups excluding tert-OH is 1. The molecule has 0 aliphatic rings. The van der Waals surface area contributed by atoms with Gasteiger partial charge in [-0.2, -0.15) is 0 Å². The Morgan fingerprint density at radius 3 is 2.74 bits per heavy atom. The van der Waals surface area contributed by atoms with Crippen molar-refractivity contribution in [3.63, 3.8) is 0 Å². The number of aliphatic hydroxyl groups is 1. The highest BCUT2D eigenvalue weighted by atomic mass is 32.2. The lowest BCUT2D eigenvalue weighted by Gasteiger charge is -2.04. The number of hydrogen-bond donors (Lipinski definition) is 1. The van der Waals surface area contributed by atoms with Gasteiger partial charge in [-0.25, -0.2) is 9.97 Å². The highest BCUT2D eigenvalue weighted by Crippen LogP contribution is 2.29. The average molecular weight is 292 g/mol. The van der Waals surface area contributed by atoms with E-state index in [2.05, 4.69) is 9.97 Å². The van der Waals surface area contributed by atoms with Crippen molar-refractivity contribution in [2.24, 2.45) is 0 Å². The van der Waals surface area contributed by atoms with Gasteiger partial charge in [0.15, 0.2) is 10.9 Å². The average Bonchev–Trinajstić information content (AvgIpc) is 2.89. The molecule has 0 saturated heterocycles. The summed E-state index contributed by atoms with van der Waals surface area (Å²) in [5.41, 5.74) is 0.811. The predicted octanol–water partition coefficient (Wildman–Crippen LogP) is 3.68. The Hall–Kier alpha value is -1.66. The molecule has 0 fully saturated rings. The van der Waals surface area contributed by atoms with Crippen LogP contribution in [-0.4, -0.2) is 20.9 Å². The van der Waals surface area contributed by atoms with Crippen LogP contribution in [0, 0.1) is 0 Å². The fraction of sp³-hybridized carbons (Fsp3) is 0.154. The third kappa shape index (κ3) is 3.42. The van der Waals surface area contributed by atoms with Crippen LogP contribution in [0.2, 0.25) is 0 Å². The predicted molar refractivity (Wildman–Crippen MR) is 77.2 cm³/mol. The zero-order valence-corrected chi connectivity index (χ0v) is 12.1. The summed E-state index contributed by atoms with van der Waals surface area (Å²) < 4.78 is 0. The lowest BCUT2D eigenvalue weighted by molar-refractivity contribution is -0.113. The third-order valence-corrected chi connectivity index (χ3v) is 4.31. The van der Waals surface area contributed by atoms with E-state index in [0.29, 0.717) is 5.16 Å². The number of allylic oxidation sites excluding steroid dienone is 2. The number of hydrogen-bond acceptors (Lipinski definition) is 6. The third-order valence-electron chi connectivity index (χ3n) is 2.25. The second-order valence-corrected chi connectivity index (χ2v) is 5.70. The molecule has 2 heterocycles. The SMILES string of the molecule is CC(=O)C(Sc1nccc(-c2cccs2)n1)=C(C)O. The van der Waals surface area contributed by atoms with Crippen molar-refractivity contribution in [1.82, 2.24) is 9.97 Å². The smallest absolute Gasteiger partial charge is 0.193 e. The number of aromatic nitrogens is 2. The molecule has 0 amide bonds. The Bertz CT molecular complexity index is 617. The molecule has 0 aliphatic carbocycles. The van der Waals surface area contributed by atoms with E-state index < -0.39 is 0 Å². The number of carbonyl (C=O) groups is 1. The standard InChI is InChI=1S/C13H12N2O2S2/c1-8(16)12(9(2)17)19-13-14-6-5-10(15-13)11-4-3-7-18-11/h3-7,16H,1-2H3. The monoisotopic (exact) mass is 292 g/mol. The molecule has 2 aromatic heterocycles. The molecule has 0 aliphatic heterocycles. The van der Waals surface area contributed by atoms with Gasteiger partial charge in [0, 0.05) is 6.20 Å². The van der Waals surface area contributed by atoms with Crippen molar-refractivity contribution >= 4 is 28.9 Å². The number of carbonyl (C=O) groups excluding carboxylic acids is 1. The molecule has 98 valence electrons. The fourth-order valence-corrected chi connectivity index (χ4v) is 2.87. The normalized spacial score (nSPS) is 12.1. The minimum Gasteiger partial charge on any atom is -0.511 e. The maximum absolute atomic E-state index is 11.4. The van der Waals surface area contributed by atoms with Crippen molar-refractivity contribution in [1.29, 1.82) is 0 Å². The van der Waals surface area contributed by atoms with Gasteiger partial charge in [0.2, 0.25) is 0 Å². The van der Waals surface area contributed by atoms with E-state index in [0.717, 1.165) is 22.3 Å². The van der Waals surface area contributed by atoms with Gasteiger partial charge in [-0.3, -0.25) is 4.79 Å². The van der Waals surface area contributed by atoms with Crippen LogP contribution >= 0.6 is 23.1 Å². The van der Waals surface area contributed by atoms with Crippen LogP contribution in [0.1, 0.15) is 13.8 Å². The van der Waals surface area contributed by atoms with E-state index >= 15 is 0 Å². The van der Waals surface area contributed by atoms with Crippen molar-refractivity contribution in [2.45, 2.75) is 19.0 Å². The van der Waals surface area contributed by atoms with Gasteiger partial charge in [0.25, 0.3) is 0 Å². The Morgan fingerprint density at radius 1 is 1.37 bits per heavy atom. The molecule has 0 atom stereocenters. The van der Waals surface area contributed by atoms with Crippen LogP contribution in [0.4, 0.5) is 0 Å². The van der Waals surface area contributed by atoms with Crippen molar-refractivity contribution in [2.75, 3.05) is 0 Å². The zero-order chi connectivity index (χ0) is 13.8. The minimum atomic E-state index is -0.199. The Morgan fingerprint density at radius 2 is 2.16 bits per heavy atom. The summed E-state index contributed by atoms with van der Waals surface area (Å²) >= 11 is 2.67. The van der Waals surface area contributed by atoms with Gasteiger partial charge in [-0.15, -0.1) is 11.3 Å². The second kappa shape index (κ2) is 5.99. The van der Waals surface area contributed by atoms with E-state index in [1.807, 2.05) is 23.6 Å². The molecule has 2 aromatic rings. The lowest BCUT2D eigenvalue weighted by Crippen LogP contribution is -1.98. The summed E-state index contributed by atoms with van der Waals surface area (Å²) in [6, 6.07) is 5.74. The number of rotatable bonds is 4. The zero-order valence-electron chi connectivity index (χ0n) is 10.5. The highest BCUT2D eigenvalue weighted by Gasteiger charge is 2.13. The first-order valence-corrected chi connectivity index (χ1v) is 7.23. The van der Waals surface area contributed by atoms with E-state index in [9.17, 15) is 9.90 Å². The number of thiophene rings is 1. The van der Waals surface area contributed by atoms with Crippen LogP contribution in [0.15, 0.2) is 45.6 Å². The lowest BCUT2D eigenvalue weighted by atomic mass is 10.3. The number of thioether (sulfide) groups is 1. The van der Waals surface area contributed by atoms with Gasteiger partial charge in [0.05, 0.1) is 15.5 Å². The summed E-state index contributed by atoms with van der Waals surface area (Å²) in [5.74, 6) is -0.210. The maximum Gasteiger partial charge on any atom is 0.193 e. The first kappa shape index (κ1) is 13.8. The van der Waals surface area contributed by atoms with Crippen molar-refractivity contribution in [3.8, 4) is 10.6 Å². The van der Waals surface area contributed by atoms with Gasteiger partial charge < -0.3 is 5.11 Å². The van der Waals surface area contributed by atoms with Gasteiger partial charge in [0.1, 0.15) is 5.76 Å². The fourth-order valence-electron chi connectivity index (χ4n) is 1.44. The summed E-state index contributed by atoms with van der Waals surface area (Å²) in [5, 5.41) is 11.9. The Kier molecular flexibility index (Phi) is 4.34. The van der Waals surface area contributed by atoms with Gasteiger partial charge in [-0.05, 0) is 43.1 Å². The van der Waals surface area contributed by atoms with Crippen molar-refractivity contribution in [3.05, 3.63) is 40.4 Å². The topological polar surface area (TPSA) is 63.1 Å². The van der Waals surface area contributed by atoms with Crippen LogP contribution in [0.5, 0.6) is 0 Å². The number of ketones is 1. The second-order valence-electron chi connectivity index (χ2n) is 3.77. The van der Waals surface area contributed by atoms with Crippen LogP contribution in [0.3, 0.4) is 0 Å². The first-order valence-electron chi connectivity index (χ1n) is 5.53. The van der Waals surface area contributed by atoms with E-state index in [4.69, 9.17) is 0 Å². The molecule has 6 heteroatoms. The largest absolute Gasteiger partial charge is 0.511 e. The molecule has 0 spiro atoms. The summed E-state index contributed by atoms with van der Waals surface area (Å²) in [7, 11) is 0. The van der Waals surface area contributed by atoms with E-state index in [-0.39, 0.29) is 16.4 Å². The van der Waals surface area contributed by atoms with Crippen molar-refractivity contribution < 1.29 is 9.90 Å². The van der Waals surface area contributed by atoms with E-state index in [1.165, 1.54) is 13.8 Å². The van der Waals surface area contributed by atoms with Crippen LogP contribution in [-0.2, 0) is 4.79 Å². The Labute approximate surface area is 119 Å². The summed E-state index contributed by atoms with van der Waals surface area (Å²) in [4.78, 5) is 21.2. The molecule has 19 heavy (non-hydrogen) atoms. The minimum absolute atomic E-state index is 0.0115.